The Kier molecular flexibility index (Phi) is 4.48. The normalized spacial score (nSPS) is 21.2. The molecule has 0 aromatic heterocycles. The molecule has 2 aromatic rings. The molecule has 1 atom stereocenters. The van der Waals surface area contributed by atoms with E-state index in [2.05, 4.69) is 0 Å². The number of hydrogen-bond donors (Lipinski definition) is 0. The second-order valence-corrected chi connectivity index (χ2v) is 7.40. The van der Waals surface area contributed by atoms with Crippen molar-refractivity contribution in [3.63, 3.8) is 0 Å². The lowest BCUT2D eigenvalue weighted by Gasteiger charge is -2.41. The molecule has 1 spiro atoms. The molecule has 2 aromatic carbocycles. The molecule has 4 nitrogen and oxygen atoms in total. The zero-order valence-electron chi connectivity index (χ0n) is 15.7. The number of aryl methyl sites for hydroxylation is 1. The zero-order chi connectivity index (χ0) is 20.8. The van der Waals surface area contributed by atoms with Gasteiger partial charge in [-0.25, -0.2) is 0 Å². The van der Waals surface area contributed by atoms with Gasteiger partial charge in [0.2, 0.25) is 5.91 Å². The van der Waals surface area contributed by atoms with Crippen molar-refractivity contribution >= 4 is 17.5 Å². The van der Waals surface area contributed by atoms with Gasteiger partial charge in [-0.1, -0.05) is 54.1 Å². The monoisotopic (exact) mass is 400 g/mol. The summed E-state index contributed by atoms with van der Waals surface area (Å²) < 4.78 is 39.9. The second-order valence-electron chi connectivity index (χ2n) is 7.40. The number of halogens is 3. The van der Waals surface area contributed by atoms with Crippen molar-refractivity contribution in [1.82, 2.24) is 4.90 Å². The van der Waals surface area contributed by atoms with Crippen LogP contribution < -0.4 is 4.90 Å². The molecular weight excluding hydrogens is 381 g/mol. The predicted octanol–water partition coefficient (Wildman–Crippen LogP) is 4.09. The summed E-state index contributed by atoms with van der Waals surface area (Å²) in [4.78, 5) is 28.2. The van der Waals surface area contributed by atoms with Crippen LogP contribution in [0.5, 0.6) is 0 Å². The standard InChI is InChI=1S/C22H19F3N2O2/c1-15-8-10-16(11-9-15)13-26-18-6-3-2-5-17(18)21(20(26)29)12-4-7-19(28)27(21)14-22(23,24)25/h2-11H,12-14H2,1H3. The molecule has 2 heterocycles. The minimum absolute atomic E-state index is 0.00899. The van der Waals surface area contributed by atoms with E-state index in [0.717, 1.165) is 17.2 Å². The van der Waals surface area contributed by atoms with Gasteiger partial charge in [0.25, 0.3) is 5.91 Å². The Morgan fingerprint density at radius 3 is 2.41 bits per heavy atom. The van der Waals surface area contributed by atoms with E-state index in [1.54, 1.807) is 24.3 Å². The molecule has 29 heavy (non-hydrogen) atoms. The molecule has 0 N–H and O–H groups in total. The molecule has 2 aliphatic rings. The SMILES string of the molecule is Cc1ccc(CN2C(=O)C3(CC=CC(=O)N3CC(F)(F)F)c3ccccc32)cc1. The highest BCUT2D eigenvalue weighted by Gasteiger charge is 2.58. The number of rotatable bonds is 3. The van der Waals surface area contributed by atoms with Gasteiger partial charge in [0.05, 0.1) is 12.2 Å². The molecule has 2 amide bonds. The Morgan fingerprint density at radius 2 is 1.72 bits per heavy atom. The first-order valence-electron chi connectivity index (χ1n) is 9.24. The number of hydrogen-bond acceptors (Lipinski definition) is 2. The van der Waals surface area contributed by atoms with Crippen LogP contribution in [0.3, 0.4) is 0 Å². The molecule has 1 unspecified atom stereocenters. The van der Waals surface area contributed by atoms with E-state index in [-0.39, 0.29) is 13.0 Å². The quantitative estimate of drug-likeness (QED) is 0.779. The molecule has 0 aliphatic carbocycles. The maximum absolute atomic E-state index is 13.6. The Hall–Kier alpha value is -3.09. The smallest absolute Gasteiger partial charge is 0.311 e. The number of alkyl halides is 3. The molecule has 0 saturated carbocycles. The molecule has 7 heteroatoms. The number of amides is 2. The van der Waals surface area contributed by atoms with Crippen molar-refractivity contribution in [1.29, 1.82) is 0 Å². The summed E-state index contributed by atoms with van der Waals surface area (Å²) in [6.45, 7) is 0.689. The van der Waals surface area contributed by atoms with Gasteiger partial charge in [-0.2, -0.15) is 13.2 Å². The fourth-order valence-electron chi connectivity index (χ4n) is 4.11. The molecule has 150 valence electrons. The van der Waals surface area contributed by atoms with Crippen molar-refractivity contribution < 1.29 is 22.8 Å². The minimum Gasteiger partial charge on any atom is -0.311 e. The third-order valence-corrected chi connectivity index (χ3v) is 5.44. The van der Waals surface area contributed by atoms with Gasteiger partial charge in [-0.3, -0.25) is 9.59 Å². The number of fused-ring (bicyclic) bond motifs is 2. The Morgan fingerprint density at radius 1 is 1.03 bits per heavy atom. The lowest BCUT2D eigenvalue weighted by Crippen LogP contribution is -2.58. The van der Waals surface area contributed by atoms with E-state index >= 15 is 0 Å². The number of carbonyl (C=O) groups excluding carboxylic acids is 2. The average Bonchev–Trinajstić information content (AvgIpc) is 2.89. The average molecular weight is 400 g/mol. The van der Waals surface area contributed by atoms with Crippen LogP contribution in [-0.4, -0.2) is 29.4 Å². The van der Waals surface area contributed by atoms with Crippen LogP contribution in [0, 0.1) is 6.92 Å². The van der Waals surface area contributed by atoms with E-state index in [0.29, 0.717) is 16.2 Å². The summed E-state index contributed by atoms with van der Waals surface area (Å²) in [6.07, 6.45) is -2.02. The first-order valence-corrected chi connectivity index (χ1v) is 9.24. The fraction of sp³-hybridized carbons (Fsp3) is 0.273. The Bertz CT molecular complexity index is 998. The predicted molar refractivity (Wildman–Crippen MR) is 102 cm³/mol. The van der Waals surface area contributed by atoms with Gasteiger partial charge in [0.1, 0.15) is 6.54 Å². The maximum atomic E-state index is 13.6. The topological polar surface area (TPSA) is 40.6 Å². The largest absolute Gasteiger partial charge is 0.406 e. The van der Waals surface area contributed by atoms with Gasteiger partial charge < -0.3 is 9.80 Å². The number of benzene rings is 2. The van der Waals surface area contributed by atoms with E-state index < -0.39 is 30.1 Å². The molecule has 0 saturated heterocycles. The van der Waals surface area contributed by atoms with Crippen molar-refractivity contribution in [3.8, 4) is 0 Å². The summed E-state index contributed by atoms with van der Waals surface area (Å²) in [6, 6.07) is 14.4. The van der Waals surface area contributed by atoms with Gasteiger partial charge in [0, 0.05) is 12.0 Å². The highest BCUT2D eigenvalue weighted by molar-refractivity contribution is 6.11. The summed E-state index contributed by atoms with van der Waals surface area (Å²) in [7, 11) is 0. The van der Waals surface area contributed by atoms with Crippen LogP contribution in [0.15, 0.2) is 60.7 Å². The Labute approximate surface area is 166 Å². The number of anilines is 1. The molecular formula is C22H19F3N2O2. The van der Waals surface area contributed by atoms with E-state index in [1.807, 2.05) is 31.2 Å². The third kappa shape index (κ3) is 3.20. The van der Waals surface area contributed by atoms with Crippen molar-refractivity contribution in [2.24, 2.45) is 0 Å². The Balaban J connectivity index is 1.81. The van der Waals surface area contributed by atoms with Gasteiger partial charge in [0.15, 0.2) is 5.54 Å². The highest BCUT2D eigenvalue weighted by Crippen LogP contribution is 2.49. The molecule has 0 fully saturated rings. The maximum Gasteiger partial charge on any atom is 0.406 e. The second kappa shape index (κ2) is 6.76. The fourth-order valence-corrected chi connectivity index (χ4v) is 4.11. The van der Waals surface area contributed by atoms with Gasteiger partial charge in [-0.05, 0) is 24.6 Å². The summed E-state index contributed by atoms with van der Waals surface area (Å²) >= 11 is 0. The number of para-hydroxylation sites is 1. The lowest BCUT2D eigenvalue weighted by molar-refractivity contribution is -0.174. The lowest BCUT2D eigenvalue weighted by atomic mass is 9.83. The molecule has 0 radical (unpaired) electrons. The minimum atomic E-state index is -4.62. The molecule has 0 bridgehead atoms. The van der Waals surface area contributed by atoms with E-state index in [4.69, 9.17) is 0 Å². The first-order chi connectivity index (χ1) is 13.7. The van der Waals surface area contributed by atoms with Crippen molar-refractivity contribution in [2.45, 2.75) is 31.6 Å². The number of carbonyl (C=O) groups is 2. The van der Waals surface area contributed by atoms with E-state index in [9.17, 15) is 22.8 Å². The van der Waals surface area contributed by atoms with Crippen LogP contribution in [0.2, 0.25) is 0 Å². The van der Waals surface area contributed by atoms with E-state index in [1.165, 1.54) is 11.0 Å². The van der Waals surface area contributed by atoms with Crippen molar-refractivity contribution in [2.75, 3.05) is 11.4 Å². The first kappa shape index (κ1) is 19.2. The summed E-state index contributed by atoms with van der Waals surface area (Å²) in [5.74, 6) is -1.32. The van der Waals surface area contributed by atoms with Gasteiger partial charge in [-0.15, -0.1) is 0 Å². The zero-order valence-corrected chi connectivity index (χ0v) is 15.7. The van der Waals surface area contributed by atoms with Crippen LogP contribution >= 0.6 is 0 Å². The van der Waals surface area contributed by atoms with Crippen LogP contribution in [0.1, 0.15) is 23.1 Å². The van der Waals surface area contributed by atoms with Crippen LogP contribution in [0.25, 0.3) is 0 Å². The summed E-state index contributed by atoms with van der Waals surface area (Å²) in [5, 5.41) is 0. The van der Waals surface area contributed by atoms with Crippen LogP contribution in [0.4, 0.5) is 18.9 Å². The molecule has 2 aliphatic heterocycles. The highest BCUT2D eigenvalue weighted by atomic mass is 19.4. The van der Waals surface area contributed by atoms with Gasteiger partial charge >= 0.3 is 6.18 Å². The summed E-state index contributed by atoms with van der Waals surface area (Å²) in [5.41, 5.74) is 1.21. The number of nitrogens with zero attached hydrogens (tertiary/aromatic N) is 2. The molecule has 4 rings (SSSR count). The van der Waals surface area contributed by atoms with Crippen molar-refractivity contribution in [3.05, 3.63) is 77.4 Å². The third-order valence-electron chi connectivity index (χ3n) is 5.44. The van der Waals surface area contributed by atoms with Crippen LogP contribution in [-0.2, 0) is 21.7 Å².